The zero-order valence-electron chi connectivity index (χ0n) is 17.3. The normalized spacial score (nSPS) is 9.74. The molecule has 3 aromatic rings. The van der Waals surface area contributed by atoms with Gasteiger partial charge in [0.15, 0.2) is 0 Å². The number of nitriles is 1. The van der Waals surface area contributed by atoms with Crippen molar-refractivity contribution in [3.8, 4) is 29.8 Å². The van der Waals surface area contributed by atoms with Crippen LogP contribution in [0.2, 0.25) is 0 Å². The highest BCUT2D eigenvalue weighted by Gasteiger charge is 2.07. The number of unbranched alkanes of at least 4 members (excludes halogenated alkanes) is 2. The molecule has 0 amide bonds. The van der Waals surface area contributed by atoms with Crippen LogP contribution in [0.4, 0.5) is 8.78 Å². The topological polar surface area (TPSA) is 23.8 Å². The molecule has 3 rings (SSSR count). The second-order valence-electron chi connectivity index (χ2n) is 7.16. The molecule has 3 heteroatoms. The summed E-state index contributed by atoms with van der Waals surface area (Å²) in [5.74, 6) is 9.78. The third-order valence-electron chi connectivity index (χ3n) is 4.78. The van der Waals surface area contributed by atoms with Crippen molar-refractivity contribution in [2.75, 3.05) is 0 Å². The van der Waals surface area contributed by atoms with Crippen LogP contribution in [0.1, 0.15) is 59.6 Å². The smallest absolute Gasteiger partial charge is 0.140 e. The average molecular weight is 409 g/mol. The first kappa shape index (κ1) is 21.8. The molecule has 0 fully saturated rings. The fraction of sp³-hybridized carbons (Fsp3) is 0.179. The third kappa shape index (κ3) is 6.30. The predicted octanol–water partition coefficient (Wildman–Crippen LogP) is 6.37. The van der Waals surface area contributed by atoms with Crippen molar-refractivity contribution in [1.29, 1.82) is 5.26 Å². The van der Waals surface area contributed by atoms with Crippen LogP contribution in [-0.4, -0.2) is 0 Å². The van der Waals surface area contributed by atoms with Gasteiger partial charge in [-0.1, -0.05) is 55.6 Å². The maximum Gasteiger partial charge on any atom is 0.140 e. The molecule has 152 valence electrons. The van der Waals surface area contributed by atoms with E-state index >= 15 is 0 Å². The molecule has 0 radical (unpaired) electrons. The first-order valence-electron chi connectivity index (χ1n) is 10.2. The molecule has 0 saturated heterocycles. The van der Waals surface area contributed by atoms with E-state index in [0.717, 1.165) is 30.5 Å². The number of benzene rings is 3. The van der Waals surface area contributed by atoms with Gasteiger partial charge in [0.2, 0.25) is 0 Å². The molecule has 1 nitrogen and oxygen atoms in total. The highest BCUT2D eigenvalue weighted by molar-refractivity contribution is 5.50. The van der Waals surface area contributed by atoms with Gasteiger partial charge in [-0.3, -0.25) is 0 Å². The minimum absolute atomic E-state index is 0.00607. The van der Waals surface area contributed by atoms with Crippen molar-refractivity contribution >= 4 is 0 Å². The Balaban J connectivity index is 1.74. The van der Waals surface area contributed by atoms with E-state index in [9.17, 15) is 8.78 Å². The van der Waals surface area contributed by atoms with Gasteiger partial charge in [-0.2, -0.15) is 5.26 Å². The SMILES string of the molecule is CCCCCc1ccc(C#Cc2cc(F)c(C#Cc3ccc(C#N)cc3)cc2F)cc1. The zero-order chi connectivity index (χ0) is 22.1. The molecule has 0 bridgehead atoms. The summed E-state index contributed by atoms with van der Waals surface area (Å²) in [5.41, 5.74) is 3.08. The molecule has 0 atom stereocenters. The minimum atomic E-state index is -0.627. The van der Waals surface area contributed by atoms with Crippen molar-refractivity contribution in [2.45, 2.75) is 32.6 Å². The maximum atomic E-state index is 14.4. The molecule has 3 aromatic carbocycles. The summed E-state index contributed by atoms with van der Waals surface area (Å²) in [5, 5.41) is 8.81. The lowest BCUT2D eigenvalue weighted by atomic mass is 10.0. The van der Waals surface area contributed by atoms with Crippen molar-refractivity contribution < 1.29 is 8.78 Å². The molecule has 0 N–H and O–H groups in total. The average Bonchev–Trinajstić information content (AvgIpc) is 2.80. The number of aryl methyl sites for hydroxylation is 1. The Kier molecular flexibility index (Phi) is 7.59. The molecule has 0 aliphatic heterocycles. The lowest BCUT2D eigenvalue weighted by molar-refractivity contribution is 0.594. The van der Waals surface area contributed by atoms with E-state index in [1.165, 1.54) is 18.4 Å². The lowest BCUT2D eigenvalue weighted by Crippen LogP contribution is -1.92. The van der Waals surface area contributed by atoms with Crippen molar-refractivity contribution in [1.82, 2.24) is 0 Å². The van der Waals surface area contributed by atoms with E-state index in [2.05, 4.69) is 30.6 Å². The van der Waals surface area contributed by atoms with Crippen molar-refractivity contribution in [2.24, 2.45) is 0 Å². The zero-order valence-corrected chi connectivity index (χ0v) is 17.3. The number of halogens is 2. The molecule has 31 heavy (non-hydrogen) atoms. The van der Waals surface area contributed by atoms with Crippen LogP contribution in [0.3, 0.4) is 0 Å². The molecule has 0 aromatic heterocycles. The molecule has 0 aliphatic carbocycles. The molecular formula is C28H21F2N. The van der Waals surface area contributed by atoms with Crippen LogP contribution < -0.4 is 0 Å². The van der Waals surface area contributed by atoms with Crippen molar-refractivity contribution in [3.05, 3.63) is 106 Å². The van der Waals surface area contributed by atoms with E-state index in [4.69, 9.17) is 5.26 Å². The predicted molar refractivity (Wildman–Crippen MR) is 119 cm³/mol. The summed E-state index contributed by atoms with van der Waals surface area (Å²) in [6, 6.07) is 18.6. The van der Waals surface area contributed by atoms with Crippen LogP contribution in [0.15, 0.2) is 60.7 Å². The Labute approximate surface area is 182 Å². The van der Waals surface area contributed by atoms with E-state index in [1.807, 2.05) is 30.3 Å². The second-order valence-corrected chi connectivity index (χ2v) is 7.16. The highest BCUT2D eigenvalue weighted by atomic mass is 19.1. The van der Waals surface area contributed by atoms with Gasteiger partial charge < -0.3 is 0 Å². The Morgan fingerprint density at radius 2 is 1.16 bits per heavy atom. The first-order chi connectivity index (χ1) is 15.1. The van der Waals surface area contributed by atoms with E-state index < -0.39 is 11.6 Å². The number of hydrogen-bond donors (Lipinski definition) is 0. The van der Waals surface area contributed by atoms with Crippen LogP contribution in [0.25, 0.3) is 0 Å². The molecule has 0 saturated carbocycles. The number of hydrogen-bond acceptors (Lipinski definition) is 1. The second kappa shape index (κ2) is 10.8. The summed E-state index contributed by atoms with van der Waals surface area (Å²) in [4.78, 5) is 0. The third-order valence-corrected chi connectivity index (χ3v) is 4.78. The highest BCUT2D eigenvalue weighted by Crippen LogP contribution is 2.15. The van der Waals surface area contributed by atoms with Gasteiger partial charge in [0, 0.05) is 11.1 Å². The number of rotatable bonds is 4. The molecule has 0 unspecified atom stereocenters. The summed E-state index contributed by atoms with van der Waals surface area (Å²) < 4.78 is 28.8. The first-order valence-corrected chi connectivity index (χ1v) is 10.2. The Hall–Kier alpha value is -3.87. The van der Waals surface area contributed by atoms with Crippen molar-refractivity contribution in [3.63, 3.8) is 0 Å². The largest absolute Gasteiger partial charge is 0.206 e. The van der Waals surface area contributed by atoms with Crippen LogP contribution in [-0.2, 0) is 6.42 Å². The van der Waals surface area contributed by atoms with Crippen LogP contribution in [0, 0.1) is 46.6 Å². The summed E-state index contributed by atoms with van der Waals surface area (Å²) in [6.45, 7) is 2.18. The van der Waals surface area contributed by atoms with Crippen LogP contribution >= 0.6 is 0 Å². The quantitative estimate of drug-likeness (QED) is 0.363. The van der Waals surface area contributed by atoms with Gasteiger partial charge in [-0.05, 0) is 66.9 Å². The Morgan fingerprint density at radius 3 is 1.65 bits per heavy atom. The minimum Gasteiger partial charge on any atom is -0.206 e. The van der Waals surface area contributed by atoms with E-state index in [-0.39, 0.29) is 11.1 Å². The van der Waals surface area contributed by atoms with Gasteiger partial charge in [0.1, 0.15) is 11.6 Å². The van der Waals surface area contributed by atoms with E-state index in [0.29, 0.717) is 11.1 Å². The van der Waals surface area contributed by atoms with Gasteiger partial charge >= 0.3 is 0 Å². The summed E-state index contributed by atoms with van der Waals surface area (Å²) in [6.07, 6.45) is 4.59. The lowest BCUT2D eigenvalue weighted by Gasteiger charge is -2.01. The van der Waals surface area contributed by atoms with E-state index in [1.54, 1.807) is 24.3 Å². The summed E-state index contributed by atoms with van der Waals surface area (Å²) in [7, 11) is 0. The van der Waals surface area contributed by atoms with Gasteiger partial charge in [-0.25, -0.2) is 8.78 Å². The standard InChI is InChI=1S/C28H21F2N/c1-2-3-4-5-21-6-8-22(9-7-21)14-16-25-18-28(30)26(19-27(25)29)17-15-23-10-12-24(20-31)13-11-23/h6-13,18-19H,2-5H2,1H3. The fourth-order valence-corrected chi connectivity index (χ4v) is 2.98. The fourth-order valence-electron chi connectivity index (χ4n) is 2.98. The van der Waals surface area contributed by atoms with Gasteiger partial charge in [0.25, 0.3) is 0 Å². The Bertz CT molecular complexity index is 1210. The molecule has 0 aliphatic rings. The van der Waals surface area contributed by atoms with Gasteiger partial charge in [0.05, 0.1) is 22.8 Å². The molecular weight excluding hydrogens is 388 g/mol. The Morgan fingerprint density at radius 1 is 0.677 bits per heavy atom. The van der Waals surface area contributed by atoms with Crippen LogP contribution in [0.5, 0.6) is 0 Å². The summed E-state index contributed by atoms with van der Waals surface area (Å²) >= 11 is 0. The molecule has 0 heterocycles. The monoisotopic (exact) mass is 409 g/mol. The number of nitrogens with zero attached hydrogens (tertiary/aromatic N) is 1. The molecule has 0 spiro atoms. The maximum absolute atomic E-state index is 14.4. The van der Waals surface area contributed by atoms with Gasteiger partial charge in [-0.15, -0.1) is 0 Å².